The predicted molar refractivity (Wildman–Crippen MR) is 209 cm³/mol. The SMILES string of the molecule is CC(C)[C@H](NC(=O)[C@@H]1CCCN1C(=O)[C@H](C)NC(=O)OCC1c2ccccc2-c2ccccc21)C(=O)Nc1ccc(Cc2cc([N+](=O)[O-])ccc2OC(=O)O)cc1. The van der Waals surface area contributed by atoms with Gasteiger partial charge in [0.2, 0.25) is 17.7 Å². The van der Waals surface area contributed by atoms with Crippen LogP contribution in [0.25, 0.3) is 11.1 Å². The Morgan fingerprint density at radius 3 is 2.16 bits per heavy atom. The van der Waals surface area contributed by atoms with Gasteiger partial charge in [0.25, 0.3) is 5.69 Å². The zero-order chi connectivity index (χ0) is 40.8. The number of benzene rings is 4. The van der Waals surface area contributed by atoms with E-state index in [-0.39, 0.29) is 41.9 Å². The van der Waals surface area contributed by atoms with Crippen molar-refractivity contribution >= 4 is 41.3 Å². The van der Waals surface area contributed by atoms with Gasteiger partial charge in [-0.3, -0.25) is 24.5 Å². The minimum Gasteiger partial charge on any atom is -0.449 e. The monoisotopic (exact) mass is 777 g/mol. The van der Waals surface area contributed by atoms with Crippen LogP contribution in [0.5, 0.6) is 5.75 Å². The fourth-order valence-corrected chi connectivity index (χ4v) is 7.37. The molecule has 1 heterocycles. The lowest BCUT2D eigenvalue weighted by molar-refractivity contribution is -0.384. The molecule has 15 nitrogen and oxygen atoms in total. The Bertz CT molecular complexity index is 2140. The molecule has 1 fully saturated rings. The third kappa shape index (κ3) is 9.20. The summed E-state index contributed by atoms with van der Waals surface area (Å²) >= 11 is 0. The van der Waals surface area contributed by atoms with Crippen molar-refractivity contribution in [1.29, 1.82) is 0 Å². The van der Waals surface area contributed by atoms with E-state index in [1.54, 1.807) is 45.0 Å². The average Bonchev–Trinajstić information content (AvgIpc) is 3.80. The molecule has 1 saturated heterocycles. The normalized spacial score (nSPS) is 15.5. The number of rotatable bonds is 13. The van der Waals surface area contributed by atoms with Crippen LogP contribution in [0.1, 0.15) is 61.8 Å². The molecule has 1 aliphatic heterocycles. The topological polar surface area (TPSA) is 207 Å². The minimum atomic E-state index is -1.56. The first-order valence-electron chi connectivity index (χ1n) is 18.6. The second-order valence-electron chi connectivity index (χ2n) is 14.4. The highest BCUT2D eigenvalue weighted by molar-refractivity contribution is 5.99. The Morgan fingerprint density at radius 2 is 1.54 bits per heavy atom. The van der Waals surface area contributed by atoms with Gasteiger partial charge in [0.15, 0.2) is 0 Å². The molecule has 0 unspecified atom stereocenters. The lowest BCUT2D eigenvalue weighted by atomic mass is 9.98. The highest BCUT2D eigenvalue weighted by atomic mass is 16.7. The number of nitrogens with zero attached hydrogens (tertiary/aromatic N) is 2. The Morgan fingerprint density at radius 1 is 0.895 bits per heavy atom. The lowest BCUT2D eigenvalue weighted by Gasteiger charge is -2.29. The first kappa shape index (κ1) is 39.9. The second-order valence-corrected chi connectivity index (χ2v) is 14.4. The lowest BCUT2D eigenvalue weighted by Crippen LogP contribution is -2.56. The van der Waals surface area contributed by atoms with Crippen molar-refractivity contribution in [2.45, 2.75) is 64.1 Å². The molecule has 0 saturated carbocycles. The van der Waals surface area contributed by atoms with Gasteiger partial charge >= 0.3 is 12.2 Å². The maximum Gasteiger partial charge on any atom is 0.511 e. The number of anilines is 1. The number of hydrogen-bond acceptors (Lipinski definition) is 9. The molecule has 4 aromatic carbocycles. The molecule has 0 spiro atoms. The molecule has 0 radical (unpaired) electrons. The van der Waals surface area contributed by atoms with E-state index in [2.05, 4.69) is 16.0 Å². The van der Waals surface area contributed by atoms with Gasteiger partial charge in [-0.1, -0.05) is 74.5 Å². The van der Waals surface area contributed by atoms with Crippen molar-refractivity contribution in [3.8, 4) is 16.9 Å². The molecule has 3 atom stereocenters. The van der Waals surface area contributed by atoms with Gasteiger partial charge in [0, 0.05) is 42.3 Å². The Balaban J connectivity index is 1.03. The van der Waals surface area contributed by atoms with Crippen LogP contribution in [-0.4, -0.2) is 76.2 Å². The Kier molecular flexibility index (Phi) is 12.2. The minimum absolute atomic E-state index is 0.0372. The summed E-state index contributed by atoms with van der Waals surface area (Å²) in [7, 11) is 0. The van der Waals surface area contributed by atoms with Gasteiger partial charge in [-0.05, 0) is 71.7 Å². The molecule has 4 aromatic rings. The molecule has 15 heteroatoms. The number of alkyl carbamates (subject to hydrolysis) is 1. The summed E-state index contributed by atoms with van der Waals surface area (Å²) in [5.41, 5.74) is 5.45. The second kappa shape index (κ2) is 17.4. The Hall–Kier alpha value is -6.77. The fourth-order valence-electron chi connectivity index (χ4n) is 7.37. The van der Waals surface area contributed by atoms with Crippen molar-refractivity contribution in [3.63, 3.8) is 0 Å². The average molecular weight is 778 g/mol. The number of amides is 4. The van der Waals surface area contributed by atoms with E-state index in [4.69, 9.17) is 14.6 Å². The summed E-state index contributed by atoms with van der Waals surface area (Å²) in [5, 5.41) is 28.6. The van der Waals surface area contributed by atoms with Crippen LogP contribution < -0.4 is 20.7 Å². The quantitative estimate of drug-likeness (QED) is 0.0520. The van der Waals surface area contributed by atoms with E-state index >= 15 is 0 Å². The van der Waals surface area contributed by atoms with Gasteiger partial charge < -0.3 is 35.4 Å². The summed E-state index contributed by atoms with van der Waals surface area (Å²) in [6.45, 7) is 5.49. The fraction of sp³-hybridized carbons (Fsp3) is 0.310. The largest absolute Gasteiger partial charge is 0.511 e. The highest BCUT2D eigenvalue weighted by Crippen LogP contribution is 2.44. The smallest absolute Gasteiger partial charge is 0.449 e. The van der Waals surface area contributed by atoms with E-state index in [1.165, 1.54) is 17.0 Å². The molecule has 1 aliphatic carbocycles. The van der Waals surface area contributed by atoms with Gasteiger partial charge in [-0.2, -0.15) is 0 Å². The van der Waals surface area contributed by atoms with Crippen LogP contribution in [0.3, 0.4) is 0 Å². The molecule has 0 aromatic heterocycles. The van der Waals surface area contributed by atoms with Crippen molar-refractivity contribution < 1.29 is 43.5 Å². The molecule has 296 valence electrons. The standard InChI is InChI=1S/C42H43N5O10/c1-24(2)37(39(49)44-28-16-14-26(15-17-28)21-27-22-29(47(54)55)18-19-36(27)57-42(52)53)45-38(48)35-13-8-20-46(35)40(50)25(3)43-41(51)56-23-34-32-11-6-4-9-30(32)31-10-5-7-12-33(31)34/h4-7,9-12,14-19,22,24-25,34-35,37H,8,13,20-21,23H2,1-3H3,(H,43,51)(H,44,49)(H,45,48)(H,52,53)/t25-,35-,37-/m0/s1. The number of hydrogen-bond donors (Lipinski definition) is 4. The van der Waals surface area contributed by atoms with Crippen LogP contribution in [0.4, 0.5) is 21.0 Å². The van der Waals surface area contributed by atoms with E-state index in [1.807, 2.05) is 48.5 Å². The zero-order valence-corrected chi connectivity index (χ0v) is 31.6. The number of non-ortho nitro benzene ring substituents is 1. The van der Waals surface area contributed by atoms with E-state index in [0.29, 0.717) is 30.6 Å². The summed E-state index contributed by atoms with van der Waals surface area (Å²) in [6, 6.07) is 23.4. The summed E-state index contributed by atoms with van der Waals surface area (Å²) < 4.78 is 10.4. The van der Waals surface area contributed by atoms with Crippen molar-refractivity contribution in [3.05, 3.63) is 123 Å². The number of carbonyl (C=O) groups excluding carboxylic acids is 4. The summed E-state index contributed by atoms with van der Waals surface area (Å²) in [5.74, 6) is -1.93. The third-order valence-corrected chi connectivity index (χ3v) is 10.2. The summed E-state index contributed by atoms with van der Waals surface area (Å²) in [6.07, 6.45) is -1.25. The number of carboxylic acid groups (broad SMARTS) is 1. The van der Waals surface area contributed by atoms with E-state index in [9.17, 15) is 34.1 Å². The van der Waals surface area contributed by atoms with E-state index in [0.717, 1.165) is 28.3 Å². The van der Waals surface area contributed by atoms with Crippen LogP contribution in [0.15, 0.2) is 91.0 Å². The van der Waals surface area contributed by atoms with Crippen LogP contribution in [-0.2, 0) is 25.5 Å². The maximum atomic E-state index is 13.6. The van der Waals surface area contributed by atoms with Crippen LogP contribution in [0.2, 0.25) is 0 Å². The van der Waals surface area contributed by atoms with E-state index < -0.39 is 53.0 Å². The molecule has 57 heavy (non-hydrogen) atoms. The zero-order valence-electron chi connectivity index (χ0n) is 31.6. The molecule has 4 N–H and O–H groups in total. The van der Waals surface area contributed by atoms with Crippen molar-refractivity contribution in [2.24, 2.45) is 5.92 Å². The van der Waals surface area contributed by atoms with Crippen molar-refractivity contribution in [1.82, 2.24) is 15.5 Å². The van der Waals surface area contributed by atoms with Crippen molar-refractivity contribution in [2.75, 3.05) is 18.5 Å². The number of nitro benzene ring substituents is 1. The molecule has 2 aliphatic rings. The maximum absolute atomic E-state index is 13.6. The van der Waals surface area contributed by atoms with Crippen LogP contribution in [0, 0.1) is 16.0 Å². The van der Waals surface area contributed by atoms with Gasteiger partial charge in [-0.25, -0.2) is 9.59 Å². The number of fused-ring (bicyclic) bond motifs is 3. The Labute approximate surface area is 328 Å². The number of nitro groups is 1. The van der Waals surface area contributed by atoms with Gasteiger partial charge in [0.1, 0.15) is 30.5 Å². The number of carbonyl (C=O) groups is 5. The van der Waals surface area contributed by atoms with Gasteiger partial charge in [-0.15, -0.1) is 0 Å². The van der Waals surface area contributed by atoms with Gasteiger partial charge in [0.05, 0.1) is 4.92 Å². The first-order valence-corrected chi connectivity index (χ1v) is 18.6. The number of ether oxygens (including phenoxy) is 2. The first-order chi connectivity index (χ1) is 27.3. The number of nitrogens with one attached hydrogen (secondary N) is 3. The van der Waals surface area contributed by atoms with Crippen LogP contribution >= 0.6 is 0 Å². The third-order valence-electron chi connectivity index (χ3n) is 10.2. The molecular weight excluding hydrogens is 734 g/mol. The summed E-state index contributed by atoms with van der Waals surface area (Å²) in [4.78, 5) is 76.8. The number of likely N-dealkylation sites (tertiary alicyclic amines) is 1. The predicted octanol–water partition coefficient (Wildman–Crippen LogP) is 6.24. The molecule has 4 amide bonds. The highest BCUT2D eigenvalue weighted by Gasteiger charge is 2.38. The molecule has 0 bridgehead atoms. The molecule has 6 rings (SSSR count). The molecular formula is C42H43N5O10.